The number of nitrogens with zero attached hydrogens (tertiary/aromatic N) is 2. The third kappa shape index (κ3) is 3.53. The number of aromatic nitrogens is 2. The molecule has 1 atom stereocenters. The number of benzene rings is 1. The lowest BCUT2D eigenvalue weighted by molar-refractivity contribution is 0.0853. The maximum atomic E-state index is 12.2. The van der Waals surface area contributed by atoms with Gasteiger partial charge in [0.25, 0.3) is 5.91 Å². The molecule has 6 nitrogen and oxygen atoms in total. The highest BCUT2D eigenvalue weighted by Gasteiger charge is 2.18. The number of hydrogen-bond acceptors (Lipinski definition) is 4. The Morgan fingerprint density at radius 1 is 1.43 bits per heavy atom. The van der Waals surface area contributed by atoms with Crippen molar-refractivity contribution in [2.45, 2.75) is 25.9 Å². The van der Waals surface area contributed by atoms with E-state index >= 15 is 0 Å². The fourth-order valence-corrected chi connectivity index (χ4v) is 2.67. The van der Waals surface area contributed by atoms with Crippen molar-refractivity contribution in [3.63, 3.8) is 0 Å². The third-order valence-corrected chi connectivity index (χ3v) is 3.95. The van der Waals surface area contributed by atoms with Gasteiger partial charge in [0, 0.05) is 18.8 Å². The smallest absolute Gasteiger partial charge is 0.271 e. The molecule has 0 radical (unpaired) electrons. The Bertz CT molecular complexity index is 673. The molecule has 0 bridgehead atoms. The van der Waals surface area contributed by atoms with Crippen molar-refractivity contribution < 1.29 is 14.3 Å². The van der Waals surface area contributed by atoms with Crippen LogP contribution in [-0.4, -0.2) is 42.1 Å². The molecule has 1 aliphatic rings. The monoisotopic (exact) mass is 315 g/mol. The fourth-order valence-electron chi connectivity index (χ4n) is 2.67. The molecule has 23 heavy (non-hydrogen) atoms. The third-order valence-electron chi connectivity index (χ3n) is 3.95. The lowest BCUT2D eigenvalue weighted by Gasteiger charge is -2.09. The first-order valence-electron chi connectivity index (χ1n) is 7.78. The molecule has 1 aliphatic heterocycles. The van der Waals surface area contributed by atoms with E-state index in [2.05, 4.69) is 10.4 Å². The number of aryl methyl sites for hydroxylation is 1. The summed E-state index contributed by atoms with van der Waals surface area (Å²) < 4.78 is 12.4. The van der Waals surface area contributed by atoms with E-state index in [1.807, 2.05) is 31.2 Å². The molecule has 1 aromatic carbocycles. The first-order chi connectivity index (χ1) is 11.2. The van der Waals surface area contributed by atoms with Crippen molar-refractivity contribution in [3.8, 4) is 11.4 Å². The minimum Gasteiger partial charge on any atom is -0.497 e. The van der Waals surface area contributed by atoms with Gasteiger partial charge in [0.1, 0.15) is 5.75 Å². The molecule has 122 valence electrons. The van der Waals surface area contributed by atoms with Crippen LogP contribution in [0.4, 0.5) is 0 Å². The lowest BCUT2D eigenvalue weighted by Crippen LogP contribution is -2.32. The number of carbonyl (C=O) groups excluding carboxylic acids is 1. The molecule has 0 aliphatic carbocycles. The van der Waals surface area contributed by atoms with Gasteiger partial charge in [-0.3, -0.25) is 4.79 Å². The summed E-state index contributed by atoms with van der Waals surface area (Å²) in [5, 5.41) is 7.30. The van der Waals surface area contributed by atoms with Crippen LogP contribution in [0.25, 0.3) is 5.69 Å². The molecule has 1 aromatic heterocycles. The fraction of sp³-hybridized carbons (Fsp3) is 0.412. The summed E-state index contributed by atoms with van der Waals surface area (Å²) in [7, 11) is 1.63. The topological polar surface area (TPSA) is 65.4 Å². The van der Waals surface area contributed by atoms with Crippen molar-refractivity contribution >= 4 is 5.91 Å². The Morgan fingerprint density at radius 2 is 2.22 bits per heavy atom. The zero-order chi connectivity index (χ0) is 16.2. The van der Waals surface area contributed by atoms with E-state index in [1.165, 1.54) is 0 Å². The maximum Gasteiger partial charge on any atom is 0.271 e. The van der Waals surface area contributed by atoms with Crippen LogP contribution in [0.1, 0.15) is 29.0 Å². The molecular weight excluding hydrogens is 294 g/mol. The van der Waals surface area contributed by atoms with Gasteiger partial charge in [-0.2, -0.15) is 5.10 Å². The van der Waals surface area contributed by atoms with Crippen molar-refractivity contribution in [1.29, 1.82) is 0 Å². The predicted octanol–water partition coefficient (Wildman–Crippen LogP) is 2.10. The minimum absolute atomic E-state index is 0.128. The van der Waals surface area contributed by atoms with E-state index in [4.69, 9.17) is 9.47 Å². The molecule has 3 rings (SSSR count). The van der Waals surface area contributed by atoms with Crippen LogP contribution in [0.15, 0.2) is 30.3 Å². The number of amides is 1. The number of ether oxygens (including phenoxy) is 2. The Kier molecular flexibility index (Phi) is 4.62. The van der Waals surface area contributed by atoms with Crippen LogP contribution in [0.3, 0.4) is 0 Å². The Balaban J connectivity index is 1.70. The standard InChI is InChI=1S/C17H21N3O3/c1-12-10-16(17(21)18-11-15-4-3-9-23-15)19-20(12)13-5-7-14(22-2)8-6-13/h5-8,10,15H,3-4,9,11H2,1-2H3,(H,18,21). The van der Waals surface area contributed by atoms with Gasteiger partial charge in [-0.15, -0.1) is 0 Å². The van der Waals surface area contributed by atoms with Gasteiger partial charge in [-0.1, -0.05) is 0 Å². The number of carbonyl (C=O) groups is 1. The van der Waals surface area contributed by atoms with Gasteiger partial charge in [0.2, 0.25) is 0 Å². The molecule has 1 amide bonds. The molecule has 1 N–H and O–H groups in total. The highest BCUT2D eigenvalue weighted by molar-refractivity contribution is 5.92. The SMILES string of the molecule is COc1ccc(-n2nc(C(=O)NCC3CCCO3)cc2C)cc1. The zero-order valence-corrected chi connectivity index (χ0v) is 13.4. The van der Waals surface area contributed by atoms with Gasteiger partial charge >= 0.3 is 0 Å². The molecular formula is C17H21N3O3. The van der Waals surface area contributed by atoms with Gasteiger partial charge in [0.05, 0.1) is 18.9 Å². The summed E-state index contributed by atoms with van der Waals surface area (Å²) in [5.74, 6) is 0.615. The van der Waals surface area contributed by atoms with Crippen molar-refractivity contribution in [2.75, 3.05) is 20.3 Å². The predicted molar refractivity (Wildman–Crippen MR) is 86.2 cm³/mol. The molecule has 0 saturated carbocycles. The molecule has 6 heteroatoms. The normalized spacial score (nSPS) is 17.2. The van der Waals surface area contributed by atoms with E-state index in [-0.39, 0.29) is 12.0 Å². The lowest BCUT2D eigenvalue weighted by atomic mass is 10.2. The summed E-state index contributed by atoms with van der Waals surface area (Å²) in [6.07, 6.45) is 2.19. The van der Waals surface area contributed by atoms with Crippen LogP contribution >= 0.6 is 0 Å². The first kappa shape index (κ1) is 15.6. The first-order valence-corrected chi connectivity index (χ1v) is 7.78. The molecule has 2 heterocycles. The molecule has 1 unspecified atom stereocenters. The second-order valence-corrected chi connectivity index (χ2v) is 5.63. The van der Waals surface area contributed by atoms with Crippen LogP contribution < -0.4 is 10.1 Å². The van der Waals surface area contributed by atoms with Gasteiger partial charge in [0.15, 0.2) is 5.69 Å². The Labute approximate surface area is 135 Å². The Hall–Kier alpha value is -2.34. The summed E-state index contributed by atoms with van der Waals surface area (Å²) in [5.41, 5.74) is 2.20. The number of hydrogen-bond donors (Lipinski definition) is 1. The minimum atomic E-state index is -0.170. The molecule has 1 fully saturated rings. The number of nitrogens with one attached hydrogen (secondary N) is 1. The van der Waals surface area contributed by atoms with Crippen molar-refractivity contribution in [1.82, 2.24) is 15.1 Å². The van der Waals surface area contributed by atoms with Crippen LogP contribution in [0.5, 0.6) is 5.75 Å². The second kappa shape index (κ2) is 6.83. The quantitative estimate of drug-likeness (QED) is 0.917. The zero-order valence-electron chi connectivity index (χ0n) is 13.4. The van der Waals surface area contributed by atoms with E-state index in [1.54, 1.807) is 17.9 Å². The van der Waals surface area contributed by atoms with Crippen molar-refractivity contribution in [2.24, 2.45) is 0 Å². The van der Waals surface area contributed by atoms with Crippen LogP contribution in [0.2, 0.25) is 0 Å². The number of methoxy groups -OCH3 is 1. The van der Waals surface area contributed by atoms with Gasteiger partial charge in [-0.05, 0) is 50.1 Å². The van der Waals surface area contributed by atoms with E-state index in [0.29, 0.717) is 12.2 Å². The summed E-state index contributed by atoms with van der Waals surface area (Å²) >= 11 is 0. The highest BCUT2D eigenvalue weighted by atomic mass is 16.5. The van der Waals surface area contributed by atoms with Crippen LogP contribution in [0, 0.1) is 6.92 Å². The number of rotatable bonds is 5. The summed E-state index contributed by atoms with van der Waals surface area (Å²) in [6, 6.07) is 9.34. The largest absolute Gasteiger partial charge is 0.497 e. The average molecular weight is 315 g/mol. The summed E-state index contributed by atoms with van der Waals surface area (Å²) in [4.78, 5) is 12.2. The average Bonchev–Trinajstić information content (AvgIpc) is 3.22. The maximum absolute atomic E-state index is 12.2. The molecule has 2 aromatic rings. The van der Waals surface area contributed by atoms with Gasteiger partial charge < -0.3 is 14.8 Å². The van der Waals surface area contributed by atoms with E-state index in [9.17, 15) is 4.79 Å². The molecule has 1 saturated heterocycles. The summed E-state index contributed by atoms with van der Waals surface area (Å²) in [6.45, 7) is 3.24. The van der Waals surface area contributed by atoms with Gasteiger partial charge in [-0.25, -0.2) is 4.68 Å². The highest BCUT2D eigenvalue weighted by Crippen LogP contribution is 2.17. The molecule has 0 spiro atoms. The van der Waals surface area contributed by atoms with Crippen molar-refractivity contribution in [3.05, 3.63) is 41.7 Å². The Morgan fingerprint density at radius 3 is 2.87 bits per heavy atom. The van der Waals surface area contributed by atoms with Crippen LogP contribution in [-0.2, 0) is 4.74 Å². The van der Waals surface area contributed by atoms with E-state index < -0.39 is 0 Å². The second-order valence-electron chi connectivity index (χ2n) is 5.63. The van der Waals surface area contributed by atoms with E-state index in [0.717, 1.165) is 36.6 Å².